The summed E-state index contributed by atoms with van der Waals surface area (Å²) in [5, 5.41) is 10.1. The Kier molecular flexibility index (Phi) is 4.39. The molecule has 21 heavy (non-hydrogen) atoms. The van der Waals surface area contributed by atoms with E-state index in [0.717, 1.165) is 0 Å². The van der Waals surface area contributed by atoms with Crippen molar-refractivity contribution in [2.24, 2.45) is 5.73 Å². The van der Waals surface area contributed by atoms with Crippen LogP contribution >= 0.6 is 12.2 Å². The van der Waals surface area contributed by atoms with Crippen LogP contribution in [0.4, 0.5) is 0 Å². The molecule has 0 aromatic heterocycles. The van der Waals surface area contributed by atoms with E-state index in [1.807, 2.05) is 0 Å². The third kappa shape index (κ3) is 3.42. The van der Waals surface area contributed by atoms with E-state index in [2.05, 4.69) is 0 Å². The number of sulfonamides is 1. The maximum atomic E-state index is 12.7. The van der Waals surface area contributed by atoms with Crippen LogP contribution in [-0.2, 0) is 10.0 Å². The number of benzene rings is 1. The monoisotopic (exact) mass is 328 g/mol. The Morgan fingerprint density at radius 1 is 1.48 bits per heavy atom. The van der Waals surface area contributed by atoms with Crippen molar-refractivity contribution in [1.82, 2.24) is 4.31 Å². The Balaban J connectivity index is 2.38. The van der Waals surface area contributed by atoms with E-state index >= 15 is 0 Å². The number of hydrogen-bond acceptors (Lipinski definition) is 4. The van der Waals surface area contributed by atoms with Crippen LogP contribution in [0.2, 0.25) is 0 Å². The first-order valence-electron chi connectivity index (χ1n) is 6.76. The van der Waals surface area contributed by atoms with E-state index in [1.165, 1.54) is 10.4 Å². The summed E-state index contributed by atoms with van der Waals surface area (Å²) in [7, 11) is -3.62. The standard InChI is InChI=1S/C14H20N2O3S2/c1-10-8-11(13(15)20)4-5-12(10)21(18,19)16-7-3-6-14(2,17)9-16/h4-5,8,17H,3,6-7,9H2,1-2H3,(H2,15,20). The van der Waals surface area contributed by atoms with E-state index in [-0.39, 0.29) is 16.4 Å². The van der Waals surface area contributed by atoms with E-state index in [4.69, 9.17) is 18.0 Å². The maximum absolute atomic E-state index is 12.7. The van der Waals surface area contributed by atoms with Crippen molar-refractivity contribution in [3.8, 4) is 0 Å². The molecule has 0 radical (unpaired) electrons. The lowest BCUT2D eigenvalue weighted by atomic mass is 9.97. The topological polar surface area (TPSA) is 83.6 Å². The van der Waals surface area contributed by atoms with Crippen LogP contribution in [0.15, 0.2) is 23.1 Å². The molecule has 2 rings (SSSR count). The summed E-state index contributed by atoms with van der Waals surface area (Å²) in [5.74, 6) is 0. The number of aliphatic hydroxyl groups is 1. The van der Waals surface area contributed by atoms with Crippen molar-refractivity contribution < 1.29 is 13.5 Å². The van der Waals surface area contributed by atoms with Crippen molar-refractivity contribution in [3.63, 3.8) is 0 Å². The zero-order chi connectivity index (χ0) is 15.8. The van der Waals surface area contributed by atoms with Crippen molar-refractivity contribution in [3.05, 3.63) is 29.3 Å². The summed E-state index contributed by atoms with van der Waals surface area (Å²) < 4.78 is 26.8. The van der Waals surface area contributed by atoms with Crippen LogP contribution in [0.5, 0.6) is 0 Å². The number of β-amino-alcohol motifs (C(OH)–C–C–N with tert-alkyl or cyclic N) is 1. The molecule has 1 aliphatic rings. The predicted octanol–water partition coefficient (Wildman–Crippen LogP) is 1.16. The maximum Gasteiger partial charge on any atom is 0.243 e. The molecular weight excluding hydrogens is 308 g/mol. The normalized spacial score (nSPS) is 24.0. The number of aryl methyl sites for hydroxylation is 1. The molecule has 3 N–H and O–H groups in total. The zero-order valence-corrected chi connectivity index (χ0v) is 13.8. The average molecular weight is 328 g/mol. The first kappa shape index (κ1) is 16.4. The largest absolute Gasteiger partial charge is 0.389 e. The van der Waals surface area contributed by atoms with Gasteiger partial charge in [-0.3, -0.25) is 0 Å². The summed E-state index contributed by atoms with van der Waals surface area (Å²) >= 11 is 4.90. The molecule has 0 saturated carbocycles. The molecule has 1 heterocycles. The molecule has 1 aromatic rings. The highest BCUT2D eigenvalue weighted by molar-refractivity contribution is 7.89. The number of nitrogens with zero attached hydrogens (tertiary/aromatic N) is 1. The van der Waals surface area contributed by atoms with Gasteiger partial charge >= 0.3 is 0 Å². The lowest BCUT2D eigenvalue weighted by Crippen LogP contribution is -2.48. The van der Waals surface area contributed by atoms with Gasteiger partial charge in [-0.15, -0.1) is 0 Å². The summed E-state index contributed by atoms with van der Waals surface area (Å²) in [6.07, 6.45) is 1.26. The zero-order valence-electron chi connectivity index (χ0n) is 12.2. The Bertz CT molecular complexity index is 669. The molecule has 1 unspecified atom stereocenters. The van der Waals surface area contributed by atoms with Gasteiger partial charge in [0.05, 0.1) is 10.5 Å². The highest BCUT2D eigenvalue weighted by atomic mass is 32.2. The minimum Gasteiger partial charge on any atom is -0.389 e. The van der Waals surface area contributed by atoms with Crippen molar-refractivity contribution in [2.75, 3.05) is 13.1 Å². The van der Waals surface area contributed by atoms with E-state index in [1.54, 1.807) is 26.0 Å². The molecule has 7 heteroatoms. The van der Waals surface area contributed by atoms with Crippen LogP contribution in [0.25, 0.3) is 0 Å². The van der Waals surface area contributed by atoms with Gasteiger partial charge in [0.15, 0.2) is 0 Å². The van der Waals surface area contributed by atoms with E-state index in [9.17, 15) is 13.5 Å². The van der Waals surface area contributed by atoms with Gasteiger partial charge in [-0.25, -0.2) is 8.42 Å². The van der Waals surface area contributed by atoms with Gasteiger partial charge in [0, 0.05) is 18.7 Å². The first-order valence-corrected chi connectivity index (χ1v) is 8.61. The third-order valence-corrected chi connectivity index (χ3v) is 5.96. The van der Waals surface area contributed by atoms with Crippen LogP contribution < -0.4 is 5.73 Å². The number of thiocarbonyl (C=S) groups is 1. The second-order valence-electron chi connectivity index (χ2n) is 5.78. The summed E-state index contributed by atoms with van der Waals surface area (Å²) in [4.78, 5) is 0.475. The molecule has 1 saturated heterocycles. The van der Waals surface area contributed by atoms with Crippen LogP contribution in [0, 0.1) is 6.92 Å². The Hall–Kier alpha value is -1.02. The number of rotatable bonds is 3. The number of hydrogen-bond donors (Lipinski definition) is 2. The summed E-state index contributed by atoms with van der Waals surface area (Å²) in [5.41, 5.74) is 5.83. The van der Waals surface area contributed by atoms with Crippen molar-refractivity contribution in [2.45, 2.75) is 37.2 Å². The quantitative estimate of drug-likeness (QED) is 0.814. The summed E-state index contributed by atoms with van der Waals surface area (Å²) in [6, 6.07) is 4.82. The molecule has 0 spiro atoms. The van der Waals surface area contributed by atoms with Gasteiger partial charge in [-0.2, -0.15) is 4.31 Å². The van der Waals surface area contributed by atoms with Gasteiger partial charge in [-0.1, -0.05) is 18.3 Å². The van der Waals surface area contributed by atoms with Gasteiger partial charge in [0.1, 0.15) is 4.99 Å². The van der Waals surface area contributed by atoms with Crippen LogP contribution in [0.3, 0.4) is 0 Å². The van der Waals surface area contributed by atoms with E-state index < -0.39 is 15.6 Å². The Labute approximate surface area is 130 Å². The second-order valence-corrected chi connectivity index (χ2v) is 8.13. The molecule has 0 amide bonds. The van der Waals surface area contributed by atoms with Gasteiger partial charge in [-0.05, 0) is 44.4 Å². The highest BCUT2D eigenvalue weighted by Gasteiger charge is 2.36. The number of nitrogens with two attached hydrogens (primary N) is 1. The summed E-state index contributed by atoms with van der Waals surface area (Å²) in [6.45, 7) is 3.93. The van der Waals surface area contributed by atoms with Crippen molar-refractivity contribution in [1.29, 1.82) is 0 Å². The Morgan fingerprint density at radius 2 is 2.14 bits per heavy atom. The lowest BCUT2D eigenvalue weighted by Gasteiger charge is -2.36. The molecule has 0 bridgehead atoms. The third-order valence-electron chi connectivity index (χ3n) is 3.72. The highest BCUT2D eigenvalue weighted by Crippen LogP contribution is 2.27. The first-order chi connectivity index (χ1) is 9.63. The van der Waals surface area contributed by atoms with Crippen molar-refractivity contribution >= 4 is 27.2 Å². The molecule has 1 aromatic carbocycles. The molecule has 5 nitrogen and oxygen atoms in total. The smallest absolute Gasteiger partial charge is 0.243 e. The molecule has 0 aliphatic carbocycles. The molecule has 1 atom stereocenters. The SMILES string of the molecule is Cc1cc(C(N)=S)ccc1S(=O)(=O)N1CCCC(C)(O)C1. The van der Waals surface area contributed by atoms with Crippen LogP contribution in [0.1, 0.15) is 30.9 Å². The molecule has 1 aliphatic heterocycles. The lowest BCUT2D eigenvalue weighted by molar-refractivity contribution is 0.00939. The minimum absolute atomic E-state index is 0.117. The fraction of sp³-hybridized carbons (Fsp3) is 0.500. The van der Waals surface area contributed by atoms with Gasteiger partial charge in [0.25, 0.3) is 0 Å². The molecular formula is C14H20N2O3S2. The fourth-order valence-corrected chi connectivity index (χ4v) is 4.54. The predicted molar refractivity (Wildman–Crippen MR) is 85.7 cm³/mol. The average Bonchev–Trinajstić information content (AvgIpc) is 2.36. The molecule has 116 valence electrons. The Morgan fingerprint density at radius 3 is 2.67 bits per heavy atom. The minimum atomic E-state index is -3.62. The van der Waals surface area contributed by atoms with E-state index in [0.29, 0.717) is 30.5 Å². The molecule has 1 fully saturated rings. The van der Waals surface area contributed by atoms with Gasteiger partial charge < -0.3 is 10.8 Å². The van der Waals surface area contributed by atoms with Crippen LogP contribution in [-0.4, -0.2) is 41.5 Å². The number of piperidine rings is 1. The second kappa shape index (κ2) is 5.64. The fourth-order valence-electron chi connectivity index (χ4n) is 2.61. The van der Waals surface area contributed by atoms with Gasteiger partial charge in [0.2, 0.25) is 10.0 Å².